The van der Waals surface area contributed by atoms with Crippen molar-refractivity contribution in [3.8, 4) is 0 Å². The molecule has 1 aliphatic heterocycles. The van der Waals surface area contributed by atoms with Crippen molar-refractivity contribution in [2.45, 2.75) is 32.7 Å². The smallest absolute Gasteiger partial charge is 0.180 e. The van der Waals surface area contributed by atoms with Crippen molar-refractivity contribution in [1.29, 1.82) is 0 Å². The maximum atomic E-state index is 4.85. The SMILES string of the molecule is CC(C)c1nc2c(n1C)CCN(c1ccc3nccnc3n1)C2. The minimum Gasteiger partial charge on any atom is -0.350 e. The average molecular weight is 308 g/mol. The van der Waals surface area contributed by atoms with Crippen LogP contribution in [0.3, 0.4) is 0 Å². The van der Waals surface area contributed by atoms with E-state index in [0.717, 1.165) is 36.7 Å². The lowest BCUT2D eigenvalue weighted by Crippen LogP contribution is -2.31. The zero-order valence-electron chi connectivity index (χ0n) is 13.7. The normalized spacial score (nSPS) is 14.5. The number of hydrogen-bond donors (Lipinski definition) is 0. The Morgan fingerprint density at radius 2 is 1.91 bits per heavy atom. The van der Waals surface area contributed by atoms with Gasteiger partial charge in [-0.2, -0.15) is 0 Å². The summed E-state index contributed by atoms with van der Waals surface area (Å²) in [6.45, 7) is 6.13. The molecule has 0 fully saturated rings. The van der Waals surface area contributed by atoms with Crippen molar-refractivity contribution < 1.29 is 0 Å². The molecule has 0 N–H and O–H groups in total. The number of aromatic nitrogens is 5. The second kappa shape index (κ2) is 5.30. The van der Waals surface area contributed by atoms with E-state index in [1.54, 1.807) is 12.4 Å². The van der Waals surface area contributed by atoms with E-state index in [1.807, 2.05) is 12.1 Å². The minimum absolute atomic E-state index is 0.438. The highest BCUT2D eigenvalue weighted by atomic mass is 15.2. The van der Waals surface area contributed by atoms with Gasteiger partial charge in [0.05, 0.1) is 12.2 Å². The van der Waals surface area contributed by atoms with Crippen molar-refractivity contribution >= 4 is 17.0 Å². The quantitative estimate of drug-likeness (QED) is 0.728. The molecular formula is C17H20N6. The van der Waals surface area contributed by atoms with Crippen LogP contribution in [0.2, 0.25) is 0 Å². The summed E-state index contributed by atoms with van der Waals surface area (Å²) in [5.74, 6) is 2.54. The van der Waals surface area contributed by atoms with Gasteiger partial charge in [-0.3, -0.25) is 4.98 Å². The van der Waals surface area contributed by atoms with Crippen molar-refractivity contribution in [2.24, 2.45) is 7.05 Å². The predicted molar refractivity (Wildman–Crippen MR) is 89.4 cm³/mol. The molecule has 23 heavy (non-hydrogen) atoms. The van der Waals surface area contributed by atoms with E-state index >= 15 is 0 Å². The molecule has 3 aromatic rings. The third-order valence-electron chi connectivity index (χ3n) is 4.45. The number of fused-ring (bicyclic) bond motifs is 2. The van der Waals surface area contributed by atoms with E-state index < -0.39 is 0 Å². The first-order chi connectivity index (χ1) is 11.1. The van der Waals surface area contributed by atoms with Crippen LogP contribution in [0.25, 0.3) is 11.2 Å². The van der Waals surface area contributed by atoms with E-state index in [2.05, 4.69) is 45.3 Å². The Kier molecular flexibility index (Phi) is 3.25. The first-order valence-corrected chi connectivity index (χ1v) is 8.00. The predicted octanol–water partition coefficient (Wildman–Crippen LogP) is 2.44. The standard InChI is InChI=1S/C17H20N6/c1-11(2)17-20-13-10-23(9-6-14(13)22(17)3)15-5-4-12-16(21-15)19-8-7-18-12/h4-5,7-8,11H,6,9-10H2,1-3H3. The molecule has 4 rings (SSSR count). The van der Waals surface area contributed by atoms with E-state index in [0.29, 0.717) is 11.6 Å². The van der Waals surface area contributed by atoms with Crippen LogP contribution in [-0.2, 0) is 20.0 Å². The van der Waals surface area contributed by atoms with Gasteiger partial charge in [0.2, 0.25) is 0 Å². The number of hydrogen-bond acceptors (Lipinski definition) is 5. The van der Waals surface area contributed by atoms with E-state index in [1.165, 1.54) is 11.4 Å². The highest BCUT2D eigenvalue weighted by Gasteiger charge is 2.24. The van der Waals surface area contributed by atoms with Crippen LogP contribution in [0.1, 0.15) is 37.0 Å². The van der Waals surface area contributed by atoms with Crippen molar-refractivity contribution in [3.63, 3.8) is 0 Å². The van der Waals surface area contributed by atoms with Crippen molar-refractivity contribution in [3.05, 3.63) is 41.7 Å². The first kappa shape index (κ1) is 14.1. The lowest BCUT2D eigenvalue weighted by molar-refractivity contribution is 0.659. The second-order valence-electron chi connectivity index (χ2n) is 6.32. The fourth-order valence-corrected chi connectivity index (χ4v) is 3.28. The van der Waals surface area contributed by atoms with Gasteiger partial charge < -0.3 is 9.47 Å². The number of rotatable bonds is 2. The molecule has 6 nitrogen and oxygen atoms in total. The molecular weight excluding hydrogens is 288 g/mol. The van der Waals surface area contributed by atoms with Gasteiger partial charge in [0, 0.05) is 44.0 Å². The Morgan fingerprint density at radius 1 is 1.09 bits per heavy atom. The van der Waals surface area contributed by atoms with Gasteiger partial charge in [-0.15, -0.1) is 0 Å². The Bertz CT molecular complexity index is 867. The van der Waals surface area contributed by atoms with Crippen molar-refractivity contribution in [1.82, 2.24) is 24.5 Å². The van der Waals surface area contributed by atoms with E-state index in [9.17, 15) is 0 Å². The molecule has 118 valence electrons. The topological polar surface area (TPSA) is 59.7 Å². The zero-order valence-corrected chi connectivity index (χ0v) is 13.7. The van der Waals surface area contributed by atoms with Crippen LogP contribution in [0.15, 0.2) is 24.5 Å². The van der Waals surface area contributed by atoms with Gasteiger partial charge in [-0.25, -0.2) is 15.0 Å². The number of nitrogens with zero attached hydrogens (tertiary/aromatic N) is 6. The third-order valence-corrected chi connectivity index (χ3v) is 4.45. The van der Waals surface area contributed by atoms with Crippen LogP contribution >= 0.6 is 0 Å². The van der Waals surface area contributed by atoms with Gasteiger partial charge in [-0.05, 0) is 12.1 Å². The zero-order chi connectivity index (χ0) is 16.0. The lowest BCUT2D eigenvalue weighted by Gasteiger charge is -2.27. The molecule has 0 saturated heterocycles. The van der Waals surface area contributed by atoms with Crippen LogP contribution in [0, 0.1) is 0 Å². The summed E-state index contributed by atoms with van der Waals surface area (Å²) >= 11 is 0. The molecule has 0 atom stereocenters. The Labute approximate surface area is 135 Å². The van der Waals surface area contributed by atoms with Crippen LogP contribution in [0.4, 0.5) is 5.82 Å². The molecule has 1 aliphatic rings. The van der Waals surface area contributed by atoms with Crippen LogP contribution in [0.5, 0.6) is 0 Å². The van der Waals surface area contributed by atoms with Crippen LogP contribution in [-0.4, -0.2) is 31.0 Å². The first-order valence-electron chi connectivity index (χ1n) is 8.00. The fourth-order valence-electron chi connectivity index (χ4n) is 3.28. The van der Waals surface area contributed by atoms with Crippen LogP contribution < -0.4 is 4.90 Å². The summed E-state index contributed by atoms with van der Waals surface area (Å²) in [6, 6.07) is 4.01. The van der Waals surface area contributed by atoms with Crippen molar-refractivity contribution in [2.75, 3.05) is 11.4 Å². The molecule has 0 aromatic carbocycles. The van der Waals surface area contributed by atoms with E-state index in [4.69, 9.17) is 4.98 Å². The van der Waals surface area contributed by atoms with Gasteiger partial charge in [-0.1, -0.05) is 13.8 Å². The van der Waals surface area contributed by atoms with Gasteiger partial charge in [0.15, 0.2) is 5.65 Å². The van der Waals surface area contributed by atoms with Gasteiger partial charge in [0.1, 0.15) is 17.2 Å². The van der Waals surface area contributed by atoms with Gasteiger partial charge >= 0.3 is 0 Å². The number of pyridine rings is 1. The highest BCUT2D eigenvalue weighted by molar-refractivity contribution is 5.71. The third kappa shape index (κ3) is 2.34. The molecule has 6 heteroatoms. The monoisotopic (exact) mass is 308 g/mol. The Morgan fingerprint density at radius 3 is 2.74 bits per heavy atom. The lowest BCUT2D eigenvalue weighted by atomic mass is 10.1. The van der Waals surface area contributed by atoms with E-state index in [-0.39, 0.29) is 0 Å². The summed E-state index contributed by atoms with van der Waals surface area (Å²) in [7, 11) is 2.13. The molecule has 0 radical (unpaired) electrons. The molecule has 0 bridgehead atoms. The number of imidazole rings is 1. The molecule has 4 heterocycles. The molecule has 0 amide bonds. The largest absolute Gasteiger partial charge is 0.350 e. The van der Waals surface area contributed by atoms with Gasteiger partial charge in [0.25, 0.3) is 0 Å². The molecule has 0 unspecified atom stereocenters. The molecule has 0 aliphatic carbocycles. The fraction of sp³-hybridized carbons (Fsp3) is 0.412. The summed E-state index contributed by atoms with van der Waals surface area (Å²) < 4.78 is 2.26. The summed E-state index contributed by atoms with van der Waals surface area (Å²) in [5.41, 5.74) is 4.04. The average Bonchev–Trinajstić information content (AvgIpc) is 2.91. The molecule has 3 aromatic heterocycles. The summed E-state index contributed by atoms with van der Waals surface area (Å²) in [5, 5.41) is 0. The Balaban J connectivity index is 1.67. The maximum Gasteiger partial charge on any atom is 0.180 e. The number of anilines is 1. The summed E-state index contributed by atoms with van der Waals surface area (Å²) in [4.78, 5) is 20.4. The minimum atomic E-state index is 0.438. The maximum absolute atomic E-state index is 4.85. The Hall–Kier alpha value is -2.50. The molecule has 0 spiro atoms. The second-order valence-corrected chi connectivity index (χ2v) is 6.32. The molecule has 0 saturated carbocycles. The highest BCUT2D eigenvalue weighted by Crippen LogP contribution is 2.26. The summed E-state index contributed by atoms with van der Waals surface area (Å²) in [6.07, 6.45) is 4.37.